The van der Waals surface area contributed by atoms with Crippen LogP contribution in [0.15, 0.2) is 29.2 Å². The lowest BCUT2D eigenvalue weighted by Gasteiger charge is -2.16. The Balaban J connectivity index is 2.40. The third-order valence-corrected chi connectivity index (χ3v) is 3.60. The fraction of sp³-hybridized carbons (Fsp3) is 0.308. The van der Waals surface area contributed by atoms with Gasteiger partial charge in [0.15, 0.2) is 0 Å². The van der Waals surface area contributed by atoms with Gasteiger partial charge in [-0.1, -0.05) is 6.07 Å². The van der Waals surface area contributed by atoms with Gasteiger partial charge in [-0.25, -0.2) is 0 Å². The Morgan fingerprint density at radius 1 is 1.25 bits per heavy atom. The van der Waals surface area contributed by atoms with Crippen LogP contribution in [0, 0.1) is 13.8 Å². The molecule has 2 heterocycles. The van der Waals surface area contributed by atoms with Gasteiger partial charge >= 0.3 is 0 Å². The Morgan fingerprint density at radius 3 is 2.62 bits per heavy atom. The summed E-state index contributed by atoms with van der Waals surface area (Å²) in [5.41, 5.74) is 5.11. The van der Waals surface area contributed by atoms with E-state index < -0.39 is 0 Å². The Labute approximate surface area is 100 Å². The Morgan fingerprint density at radius 2 is 2.06 bits per heavy atom. The van der Waals surface area contributed by atoms with Gasteiger partial charge in [0.25, 0.3) is 0 Å². The summed E-state index contributed by atoms with van der Waals surface area (Å²) in [6.45, 7) is 4.23. The molecule has 0 aliphatic carbocycles. The first kappa shape index (κ1) is 11.3. The van der Waals surface area contributed by atoms with E-state index >= 15 is 0 Å². The quantitative estimate of drug-likeness (QED) is 0.879. The third-order valence-electron chi connectivity index (χ3n) is 2.72. The molecule has 2 aromatic rings. The molecule has 0 aromatic carbocycles. The second kappa shape index (κ2) is 4.76. The molecular formula is C13H16N2S. The molecule has 84 valence electrons. The van der Waals surface area contributed by atoms with Crippen LogP contribution in [0.4, 0.5) is 0 Å². The molecule has 0 spiro atoms. The van der Waals surface area contributed by atoms with E-state index in [0.29, 0.717) is 0 Å². The number of nitrogens with zero attached hydrogens (tertiary/aromatic N) is 1. The SMILES string of the molecule is CNC(c1cncc(C)c1)c1cscc1C. The third kappa shape index (κ3) is 2.15. The van der Waals surface area contributed by atoms with Gasteiger partial charge in [0, 0.05) is 12.4 Å². The van der Waals surface area contributed by atoms with Crippen LogP contribution in [0.2, 0.25) is 0 Å². The van der Waals surface area contributed by atoms with Gasteiger partial charge in [-0.05, 0) is 53.9 Å². The maximum absolute atomic E-state index is 4.26. The largest absolute Gasteiger partial charge is 0.309 e. The van der Waals surface area contributed by atoms with Gasteiger partial charge in [-0.2, -0.15) is 11.3 Å². The molecular weight excluding hydrogens is 216 g/mol. The van der Waals surface area contributed by atoms with Crippen molar-refractivity contribution in [1.29, 1.82) is 0 Å². The molecule has 0 saturated carbocycles. The maximum atomic E-state index is 4.26. The van der Waals surface area contributed by atoms with Gasteiger partial charge in [-0.3, -0.25) is 4.98 Å². The highest BCUT2D eigenvalue weighted by atomic mass is 32.1. The summed E-state index contributed by atoms with van der Waals surface area (Å²) in [5.74, 6) is 0. The number of nitrogens with one attached hydrogen (secondary N) is 1. The molecule has 0 bridgehead atoms. The monoisotopic (exact) mass is 232 g/mol. The normalized spacial score (nSPS) is 12.7. The number of hydrogen-bond donors (Lipinski definition) is 1. The lowest BCUT2D eigenvalue weighted by molar-refractivity contribution is 0.686. The van der Waals surface area contributed by atoms with Crippen LogP contribution in [-0.4, -0.2) is 12.0 Å². The van der Waals surface area contributed by atoms with Crippen LogP contribution in [-0.2, 0) is 0 Å². The minimum absolute atomic E-state index is 0.249. The van der Waals surface area contributed by atoms with Crippen LogP contribution in [0.1, 0.15) is 28.3 Å². The summed E-state index contributed by atoms with van der Waals surface area (Å²) in [4.78, 5) is 4.26. The molecule has 0 fully saturated rings. The van der Waals surface area contributed by atoms with E-state index in [1.165, 1.54) is 22.3 Å². The predicted octanol–water partition coefficient (Wildman–Crippen LogP) is 3.07. The Hall–Kier alpha value is -1.19. The summed E-state index contributed by atoms with van der Waals surface area (Å²) < 4.78 is 0. The van der Waals surface area contributed by atoms with Crippen molar-refractivity contribution in [3.05, 3.63) is 51.5 Å². The van der Waals surface area contributed by atoms with Crippen molar-refractivity contribution in [3.8, 4) is 0 Å². The summed E-state index contributed by atoms with van der Waals surface area (Å²) >= 11 is 1.75. The highest BCUT2D eigenvalue weighted by Gasteiger charge is 2.15. The molecule has 0 saturated heterocycles. The van der Waals surface area contributed by atoms with E-state index in [1.54, 1.807) is 11.3 Å². The van der Waals surface area contributed by atoms with Crippen molar-refractivity contribution in [2.75, 3.05) is 7.05 Å². The molecule has 2 aromatic heterocycles. The van der Waals surface area contributed by atoms with Gasteiger partial charge in [0.1, 0.15) is 0 Å². The summed E-state index contributed by atoms with van der Waals surface area (Å²) in [7, 11) is 1.99. The Bertz CT molecular complexity index is 476. The zero-order chi connectivity index (χ0) is 11.5. The topological polar surface area (TPSA) is 24.9 Å². The number of aryl methyl sites for hydroxylation is 2. The number of thiophene rings is 1. The van der Waals surface area contributed by atoms with Crippen molar-refractivity contribution in [1.82, 2.24) is 10.3 Å². The molecule has 2 nitrogen and oxygen atoms in total. The molecule has 3 heteroatoms. The van der Waals surface area contributed by atoms with Crippen LogP contribution < -0.4 is 5.32 Å². The maximum Gasteiger partial charge on any atom is 0.0600 e. The van der Waals surface area contributed by atoms with Gasteiger partial charge in [0.05, 0.1) is 6.04 Å². The van der Waals surface area contributed by atoms with Crippen molar-refractivity contribution < 1.29 is 0 Å². The zero-order valence-electron chi connectivity index (χ0n) is 9.82. The molecule has 2 rings (SSSR count). The molecule has 1 unspecified atom stereocenters. The number of hydrogen-bond acceptors (Lipinski definition) is 3. The van der Waals surface area contributed by atoms with E-state index in [2.05, 4.69) is 41.0 Å². The molecule has 0 aliphatic heterocycles. The second-order valence-electron chi connectivity index (χ2n) is 4.03. The van der Waals surface area contributed by atoms with Crippen LogP contribution in [0.5, 0.6) is 0 Å². The lowest BCUT2D eigenvalue weighted by atomic mass is 9.99. The van der Waals surface area contributed by atoms with Gasteiger partial charge < -0.3 is 5.32 Å². The highest BCUT2D eigenvalue weighted by molar-refractivity contribution is 7.08. The first-order chi connectivity index (χ1) is 7.72. The Kier molecular flexibility index (Phi) is 3.36. The second-order valence-corrected chi connectivity index (χ2v) is 4.77. The van der Waals surface area contributed by atoms with E-state index in [1.807, 2.05) is 19.4 Å². The first-order valence-electron chi connectivity index (χ1n) is 5.34. The highest BCUT2D eigenvalue weighted by Crippen LogP contribution is 2.27. The average molecular weight is 232 g/mol. The van der Waals surface area contributed by atoms with Crippen LogP contribution >= 0.6 is 11.3 Å². The molecule has 1 N–H and O–H groups in total. The van der Waals surface area contributed by atoms with Crippen molar-refractivity contribution in [2.45, 2.75) is 19.9 Å². The predicted molar refractivity (Wildman–Crippen MR) is 68.9 cm³/mol. The zero-order valence-corrected chi connectivity index (χ0v) is 10.6. The van der Waals surface area contributed by atoms with E-state index in [0.717, 1.165) is 0 Å². The standard InChI is InChI=1S/C13H16N2S/c1-9-4-11(6-15-5-9)13(14-3)12-8-16-7-10(12)2/h4-8,13-14H,1-3H3. The van der Waals surface area contributed by atoms with E-state index in [-0.39, 0.29) is 6.04 Å². The number of rotatable bonds is 3. The molecule has 0 radical (unpaired) electrons. The van der Waals surface area contributed by atoms with Crippen molar-refractivity contribution in [2.24, 2.45) is 0 Å². The van der Waals surface area contributed by atoms with Crippen LogP contribution in [0.3, 0.4) is 0 Å². The molecule has 0 aliphatic rings. The fourth-order valence-corrected chi connectivity index (χ4v) is 2.78. The average Bonchev–Trinajstić information content (AvgIpc) is 2.67. The van der Waals surface area contributed by atoms with Crippen LogP contribution in [0.25, 0.3) is 0 Å². The number of pyridine rings is 1. The first-order valence-corrected chi connectivity index (χ1v) is 6.28. The summed E-state index contributed by atoms with van der Waals surface area (Å²) in [6.07, 6.45) is 3.82. The van der Waals surface area contributed by atoms with E-state index in [4.69, 9.17) is 0 Å². The summed E-state index contributed by atoms with van der Waals surface area (Å²) in [6, 6.07) is 2.43. The lowest BCUT2D eigenvalue weighted by Crippen LogP contribution is -2.18. The summed E-state index contributed by atoms with van der Waals surface area (Å²) in [5, 5.41) is 7.75. The molecule has 16 heavy (non-hydrogen) atoms. The smallest absolute Gasteiger partial charge is 0.0600 e. The molecule has 0 amide bonds. The van der Waals surface area contributed by atoms with Crippen molar-refractivity contribution in [3.63, 3.8) is 0 Å². The fourth-order valence-electron chi connectivity index (χ4n) is 1.90. The van der Waals surface area contributed by atoms with Gasteiger partial charge in [-0.15, -0.1) is 0 Å². The number of aromatic nitrogens is 1. The van der Waals surface area contributed by atoms with Crippen molar-refractivity contribution >= 4 is 11.3 Å². The van der Waals surface area contributed by atoms with E-state index in [9.17, 15) is 0 Å². The molecule has 1 atom stereocenters. The minimum atomic E-state index is 0.249. The van der Waals surface area contributed by atoms with Gasteiger partial charge in [0.2, 0.25) is 0 Å². The minimum Gasteiger partial charge on any atom is -0.309 e.